The van der Waals surface area contributed by atoms with Crippen molar-refractivity contribution in [2.45, 2.75) is 33.6 Å². The van der Waals surface area contributed by atoms with Gasteiger partial charge in [0.05, 0.1) is 19.8 Å². The summed E-state index contributed by atoms with van der Waals surface area (Å²) in [6, 6.07) is 10.3. The second-order valence-corrected chi connectivity index (χ2v) is 4.48. The van der Waals surface area contributed by atoms with Crippen LogP contribution in [0.3, 0.4) is 0 Å². The highest BCUT2D eigenvalue weighted by Crippen LogP contribution is 1.92. The fourth-order valence-corrected chi connectivity index (χ4v) is 1.36. The minimum atomic E-state index is -0.318. The van der Waals surface area contributed by atoms with Crippen LogP contribution in [-0.4, -0.2) is 39.0 Å². The molecule has 4 heteroatoms. The molecule has 0 aromatic heterocycles. The molecule has 1 aromatic carbocycles. The maximum absolute atomic E-state index is 10.8. The van der Waals surface area contributed by atoms with Crippen LogP contribution in [0.1, 0.15) is 32.3 Å². The van der Waals surface area contributed by atoms with Gasteiger partial charge in [0.25, 0.3) is 0 Å². The predicted octanol–water partition coefficient (Wildman–Crippen LogP) is 3.38. The number of aryl methyl sites for hydroxylation is 1. The van der Waals surface area contributed by atoms with Crippen molar-refractivity contribution in [1.82, 2.24) is 0 Å². The summed E-state index contributed by atoms with van der Waals surface area (Å²) in [4.78, 5) is 10.8. The molecule has 0 N–H and O–H groups in total. The number of ether oxygens (including phenoxy) is 3. The summed E-state index contributed by atoms with van der Waals surface area (Å²) in [5.74, 6) is -0.318. The number of hydrogen-bond acceptors (Lipinski definition) is 4. The molecular weight excluding hydrogens is 268 g/mol. The number of hydrogen-bond donors (Lipinski definition) is 0. The zero-order valence-electron chi connectivity index (χ0n) is 13.5. The first-order valence-electron chi connectivity index (χ1n) is 7.53. The normalized spacial score (nSPS) is 9.67. The minimum absolute atomic E-state index is 0.0188. The van der Waals surface area contributed by atoms with Gasteiger partial charge in [0, 0.05) is 6.61 Å². The third kappa shape index (κ3) is 14.8. The molecule has 0 radical (unpaired) electrons. The van der Waals surface area contributed by atoms with Crippen LogP contribution in [-0.2, 0) is 19.0 Å². The van der Waals surface area contributed by atoms with E-state index in [1.54, 1.807) is 6.92 Å². The van der Waals surface area contributed by atoms with Gasteiger partial charge in [-0.05, 0) is 20.3 Å². The Hall–Kier alpha value is -1.39. The number of unbranched alkanes of at least 4 members (excludes halogenated alkanes) is 1. The summed E-state index contributed by atoms with van der Waals surface area (Å²) < 4.78 is 14.9. The molecule has 1 rings (SSSR count). The van der Waals surface area contributed by atoms with E-state index in [-0.39, 0.29) is 12.6 Å². The van der Waals surface area contributed by atoms with Gasteiger partial charge in [0.15, 0.2) is 0 Å². The fourth-order valence-electron chi connectivity index (χ4n) is 1.36. The van der Waals surface area contributed by atoms with E-state index in [1.165, 1.54) is 5.56 Å². The molecule has 0 aliphatic carbocycles. The van der Waals surface area contributed by atoms with E-state index in [2.05, 4.69) is 30.7 Å². The molecule has 0 spiro atoms. The lowest BCUT2D eigenvalue weighted by molar-refractivity contribution is -0.148. The van der Waals surface area contributed by atoms with Crippen LogP contribution in [0.15, 0.2) is 30.3 Å². The number of rotatable bonds is 9. The van der Waals surface area contributed by atoms with Gasteiger partial charge in [-0.25, -0.2) is 4.79 Å². The molecule has 0 atom stereocenters. The number of benzene rings is 1. The first-order valence-corrected chi connectivity index (χ1v) is 7.53. The van der Waals surface area contributed by atoms with E-state index in [0.29, 0.717) is 19.8 Å². The Kier molecular flexibility index (Phi) is 14.0. The van der Waals surface area contributed by atoms with Gasteiger partial charge in [0.2, 0.25) is 0 Å². The van der Waals surface area contributed by atoms with Crippen LogP contribution in [0, 0.1) is 6.92 Å². The molecule has 0 amide bonds. The molecular formula is C17H28O4. The molecule has 4 nitrogen and oxygen atoms in total. The SMILES string of the molecule is CCCCOCCOCC(=O)OCC.Cc1ccccc1. The molecule has 0 saturated heterocycles. The average molecular weight is 296 g/mol. The van der Waals surface area contributed by atoms with Crippen LogP contribution in [0.25, 0.3) is 0 Å². The molecule has 1 aromatic rings. The number of carbonyl (C=O) groups is 1. The zero-order valence-corrected chi connectivity index (χ0v) is 13.5. The van der Waals surface area contributed by atoms with Crippen molar-refractivity contribution in [3.05, 3.63) is 35.9 Å². The Bertz CT molecular complexity index is 338. The molecule has 120 valence electrons. The summed E-state index contributed by atoms with van der Waals surface area (Å²) >= 11 is 0. The highest BCUT2D eigenvalue weighted by atomic mass is 16.6. The Labute approximate surface area is 128 Å². The van der Waals surface area contributed by atoms with Gasteiger partial charge in [-0.3, -0.25) is 0 Å². The van der Waals surface area contributed by atoms with Gasteiger partial charge in [-0.15, -0.1) is 0 Å². The first kappa shape index (κ1) is 19.6. The molecule has 0 heterocycles. The number of carbonyl (C=O) groups excluding carboxylic acids is 1. The van der Waals surface area contributed by atoms with Crippen molar-refractivity contribution in [2.24, 2.45) is 0 Å². The largest absolute Gasteiger partial charge is 0.464 e. The highest BCUT2D eigenvalue weighted by Gasteiger charge is 2.00. The second-order valence-electron chi connectivity index (χ2n) is 4.48. The maximum atomic E-state index is 10.8. The van der Waals surface area contributed by atoms with Crippen molar-refractivity contribution in [1.29, 1.82) is 0 Å². The lowest BCUT2D eigenvalue weighted by Gasteiger charge is -2.04. The van der Waals surface area contributed by atoms with Crippen LogP contribution in [0.2, 0.25) is 0 Å². The van der Waals surface area contributed by atoms with Crippen LogP contribution in [0.5, 0.6) is 0 Å². The Balaban J connectivity index is 0.000000471. The average Bonchev–Trinajstić information content (AvgIpc) is 2.48. The van der Waals surface area contributed by atoms with E-state index in [9.17, 15) is 4.79 Å². The summed E-state index contributed by atoms with van der Waals surface area (Å²) in [5, 5.41) is 0. The molecule has 21 heavy (non-hydrogen) atoms. The van der Waals surface area contributed by atoms with Gasteiger partial charge in [-0.2, -0.15) is 0 Å². The quantitative estimate of drug-likeness (QED) is 0.517. The van der Waals surface area contributed by atoms with E-state index >= 15 is 0 Å². The van der Waals surface area contributed by atoms with Gasteiger partial charge < -0.3 is 14.2 Å². The predicted molar refractivity (Wildman–Crippen MR) is 84.4 cm³/mol. The smallest absolute Gasteiger partial charge is 0.332 e. The monoisotopic (exact) mass is 296 g/mol. The minimum Gasteiger partial charge on any atom is -0.464 e. The standard InChI is InChI=1S/C10H20O4.C7H8/c1-3-5-6-12-7-8-13-9-10(11)14-4-2;1-7-5-3-2-4-6-7/h3-9H2,1-2H3;2-6H,1H3. The van der Waals surface area contributed by atoms with Crippen molar-refractivity contribution in [3.8, 4) is 0 Å². The Morgan fingerprint density at radius 2 is 1.67 bits per heavy atom. The van der Waals surface area contributed by atoms with Crippen LogP contribution >= 0.6 is 0 Å². The number of esters is 1. The lowest BCUT2D eigenvalue weighted by atomic mass is 10.2. The van der Waals surface area contributed by atoms with Crippen LogP contribution in [0.4, 0.5) is 0 Å². The van der Waals surface area contributed by atoms with Crippen LogP contribution < -0.4 is 0 Å². The Morgan fingerprint density at radius 3 is 2.19 bits per heavy atom. The fraction of sp³-hybridized carbons (Fsp3) is 0.588. The third-order valence-corrected chi connectivity index (χ3v) is 2.48. The summed E-state index contributed by atoms with van der Waals surface area (Å²) in [6.07, 6.45) is 2.20. The zero-order chi connectivity index (χ0) is 15.8. The molecule has 0 aliphatic rings. The maximum Gasteiger partial charge on any atom is 0.332 e. The molecule has 0 fully saturated rings. The van der Waals surface area contributed by atoms with E-state index in [0.717, 1.165) is 19.4 Å². The summed E-state index contributed by atoms with van der Waals surface area (Å²) in [7, 11) is 0. The van der Waals surface area contributed by atoms with E-state index in [4.69, 9.17) is 9.47 Å². The lowest BCUT2D eigenvalue weighted by Crippen LogP contribution is -2.15. The summed E-state index contributed by atoms with van der Waals surface area (Å²) in [6.45, 7) is 8.13. The first-order chi connectivity index (χ1) is 10.2. The molecule has 0 saturated carbocycles. The van der Waals surface area contributed by atoms with Crippen molar-refractivity contribution < 1.29 is 19.0 Å². The highest BCUT2D eigenvalue weighted by molar-refractivity contribution is 5.70. The van der Waals surface area contributed by atoms with Crippen molar-refractivity contribution >= 4 is 5.97 Å². The molecule has 0 aliphatic heterocycles. The van der Waals surface area contributed by atoms with Gasteiger partial charge in [-0.1, -0.05) is 49.2 Å². The van der Waals surface area contributed by atoms with Crippen molar-refractivity contribution in [2.75, 3.05) is 33.0 Å². The van der Waals surface area contributed by atoms with Gasteiger partial charge in [0.1, 0.15) is 6.61 Å². The topological polar surface area (TPSA) is 44.8 Å². The third-order valence-electron chi connectivity index (χ3n) is 2.48. The second kappa shape index (κ2) is 15.0. The molecule has 0 bridgehead atoms. The summed E-state index contributed by atoms with van der Waals surface area (Å²) in [5.41, 5.74) is 1.32. The van der Waals surface area contributed by atoms with E-state index in [1.807, 2.05) is 18.2 Å². The van der Waals surface area contributed by atoms with Crippen molar-refractivity contribution in [3.63, 3.8) is 0 Å². The molecule has 0 unspecified atom stereocenters. The Morgan fingerprint density at radius 1 is 1.00 bits per heavy atom. The van der Waals surface area contributed by atoms with E-state index < -0.39 is 0 Å². The van der Waals surface area contributed by atoms with Gasteiger partial charge >= 0.3 is 5.97 Å².